The Bertz CT molecular complexity index is 3220. The molecule has 0 aliphatic rings. The summed E-state index contributed by atoms with van der Waals surface area (Å²) in [6, 6.07) is 54.6. The molecule has 340 valence electrons. The zero-order chi connectivity index (χ0) is 47.7. The van der Waals surface area contributed by atoms with Crippen LogP contribution in [0.2, 0.25) is 0 Å². The molecular weight excluding hydrogens is 817 g/mol. The normalized spacial score (nSPS) is 12.9. The van der Waals surface area contributed by atoms with Gasteiger partial charge in [-0.2, -0.15) is 0 Å². The number of rotatable bonds is 9. The van der Waals surface area contributed by atoms with E-state index in [1.807, 2.05) is 6.20 Å². The lowest BCUT2D eigenvalue weighted by Crippen LogP contribution is -2.30. The third-order valence-electron chi connectivity index (χ3n) is 13.8. The molecule has 0 bridgehead atoms. The number of para-hydroxylation sites is 1. The molecule has 0 spiro atoms. The van der Waals surface area contributed by atoms with E-state index in [9.17, 15) is 0 Å². The van der Waals surface area contributed by atoms with Crippen molar-refractivity contribution in [1.82, 2.24) is 14.1 Å². The van der Waals surface area contributed by atoms with Gasteiger partial charge in [0.05, 0.1) is 28.1 Å². The first kappa shape index (κ1) is 45.4. The maximum absolute atomic E-state index is 7.13. The first-order valence-electron chi connectivity index (χ1n) is 23.8. The molecule has 0 saturated heterocycles. The molecule has 0 aliphatic heterocycles. The minimum absolute atomic E-state index is 0.0303. The van der Waals surface area contributed by atoms with Crippen LogP contribution in [0.4, 0.5) is 0 Å². The molecule has 3 aromatic heterocycles. The van der Waals surface area contributed by atoms with E-state index in [4.69, 9.17) is 9.72 Å². The standard InChI is InChI=1S/C62H66N4O/c1-58(2,3)44-31-32-63-56(36-44)66-53-30-21-20-29-51(53)57-52(61(10,11)42-23-16-14-17-24-42)38-50(39-54(57)66)67-49-28-22-27-47(37-49)65-41-64(40-55(65)62(12,13)43-25-18-15-19-26-43)48-34-45(59(4,5)6)33-46(35-48)60(7,8)9/h14-40H,1-13H3. The van der Waals surface area contributed by atoms with Gasteiger partial charge in [-0.1, -0.05) is 181 Å². The molecule has 0 N–H and O–H groups in total. The topological polar surface area (TPSA) is 35.9 Å². The van der Waals surface area contributed by atoms with Crippen molar-refractivity contribution in [2.75, 3.05) is 0 Å². The Hall–Kier alpha value is -6.72. The van der Waals surface area contributed by atoms with E-state index in [0.29, 0.717) is 0 Å². The Labute approximate surface area is 398 Å². The van der Waals surface area contributed by atoms with Crippen LogP contribution in [-0.2, 0) is 27.1 Å². The molecule has 67 heavy (non-hydrogen) atoms. The van der Waals surface area contributed by atoms with Gasteiger partial charge in [-0.3, -0.25) is 13.7 Å². The van der Waals surface area contributed by atoms with E-state index in [2.05, 4.69) is 268 Å². The molecule has 0 amide bonds. The minimum Gasteiger partial charge on any atom is -0.458 e. The highest BCUT2D eigenvalue weighted by atomic mass is 16.5. The quantitative estimate of drug-likeness (QED) is 0.107. The second-order valence-corrected chi connectivity index (χ2v) is 22.5. The zero-order valence-corrected chi connectivity index (χ0v) is 41.8. The third-order valence-corrected chi connectivity index (χ3v) is 13.8. The Kier molecular flexibility index (Phi) is 11.2. The summed E-state index contributed by atoms with van der Waals surface area (Å²) in [5, 5.41) is 2.37. The van der Waals surface area contributed by atoms with Crippen LogP contribution in [-0.4, -0.2) is 14.1 Å². The average Bonchev–Trinajstić information content (AvgIpc) is 3.90. The number of benzene rings is 6. The highest BCUT2D eigenvalue weighted by Gasteiger charge is 2.32. The van der Waals surface area contributed by atoms with Gasteiger partial charge in [0.15, 0.2) is 0 Å². The van der Waals surface area contributed by atoms with Gasteiger partial charge in [-0.05, 0) is 104 Å². The van der Waals surface area contributed by atoms with Gasteiger partial charge in [0.2, 0.25) is 0 Å². The summed E-state index contributed by atoms with van der Waals surface area (Å²) >= 11 is 0. The summed E-state index contributed by atoms with van der Waals surface area (Å²) < 4.78 is 13.9. The Morgan fingerprint density at radius 2 is 1.09 bits per heavy atom. The third kappa shape index (κ3) is 8.61. The van der Waals surface area contributed by atoms with Crippen LogP contribution in [0.1, 0.15) is 129 Å². The molecule has 0 saturated carbocycles. The van der Waals surface area contributed by atoms with Crippen molar-refractivity contribution in [3.8, 4) is 28.7 Å². The number of hydrogen-bond acceptors (Lipinski definition) is 2. The lowest BCUT2D eigenvalue weighted by atomic mass is 9.76. The van der Waals surface area contributed by atoms with E-state index in [-0.39, 0.29) is 27.1 Å². The Morgan fingerprint density at radius 3 is 1.72 bits per heavy atom. The number of hydrogen-bond donors (Lipinski definition) is 0. The fraction of sp³-hybridized carbons (Fsp3) is 0.290. The SMILES string of the molecule is CC(C)(C)c1cc(-[n+]2[c-]n(-c3cccc(Oc4cc(C(C)(C)c5ccccc5)c5c6ccccc6n(-c6cc(C(C)(C)C)ccn6)c5c4)c3)c(C(C)(C)c3ccccc3)c2)cc(C(C)(C)C)c1. The number of fused-ring (bicyclic) bond motifs is 3. The molecule has 0 atom stereocenters. The summed E-state index contributed by atoms with van der Waals surface area (Å²) in [6.45, 7) is 29.7. The van der Waals surface area contributed by atoms with Crippen molar-refractivity contribution in [1.29, 1.82) is 0 Å². The number of pyridine rings is 1. The molecule has 9 aromatic rings. The van der Waals surface area contributed by atoms with Gasteiger partial charge < -0.3 is 4.74 Å². The van der Waals surface area contributed by atoms with Gasteiger partial charge in [0.1, 0.15) is 17.3 Å². The van der Waals surface area contributed by atoms with Gasteiger partial charge >= 0.3 is 0 Å². The van der Waals surface area contributed by atoms with Gasteiger partial charge in [0.25, 0.3) is 6.33 Å². The van der Waals surface area contributed by atoms with Crippen LogP contribution in [0.15, 0.2) is 164 Å². The largest absolute Gasteiger partial charge is 0.458 e. The predicted molar refractivity (Wildman–Crippen MR) is 278 cm³/mol. The Balaban J connectivity index is 1.23. The highest BCUT2D eigenvalue weighted by Crippen LogP contribution is 2.45. The van der Waals surface area contributed by atoms with Gasteiger partial charge in [-0.15, -0.1) is 0 Å². The first-order valence-corrected chi connectivity index (χ1v) is 23.8. The van der Waals surface area contributed by atoms with Crippen LogP contribution in [0.5, 0.6) is 11.5 Å². The van der Waals surface area contributed by atoms with Gasteiger partial charge in [-0.25, -0.2) is 4.98 Å². The minimum atomic E-state index is -0.376. The van der Waals surface area contributed by atoms with Crippen molar-refractivity contribution < 1.29 is 9.30 Å². The molecule has 9 rings (SSSR count). The molecule has 0 aliphatic carbocycles. The predicted octanol–water partition coefficient (Wildman–Crippen LogP) is 15.4. The Morgan fingerprint density at radius 1 is 0.493 bits per heavy atom. The van der Waals surface area contributed by atoms with E-state index in [0.717, 1.165) is 45.4 Å². The summed E-state index contributed by atoms with van der Waals surface area (Å²) in [5.41, 5.74) is 11.9. The second kappa shape index (κ2) is 16.6. The van der Waals surface area contributed by atoms with Crippen molar-refractivity contribution in [3.63, 3.8) is 0 Å². The molecule has 5 heteroatoms. The molecule has 5 nitrogen and oxygen atoms in total. The molecule has 6 aromatic carbocycles. The summed E-state index contributed by atoms with van der Waals surface area (Å²) in [6.07, 6.45) is 8.04. The molecular formula is C62H66N4O. The van der Waals surface area contributed by atoms with Crippen LogP contribution >= 0.6 is 0 Å². The molecule has 3 heterocycles. The van der Waals surface area contributed by atoms with Crippen LogP contribution in [0.3, 0.4) is 0 Å². The van der Waals surface area contributed by atoms with E-state index < -0.39 is 0 Å². The molecule has 0 unspecified atom stereocenters. The van der Waals surface area contributed by atoms with Crippen molar-refractivity contribution in [3.05, 3.63) is 209 Å². The summed E-state index contributed by atoms with van der Waals surface area (Å²) in [4.78, 5) is 5.03. The summed E-state index contributed by atoms with van der Waals surface area (Å²) in [7, 11) is 0. The highest BCUT2D eigenvalue weighted by molar-refractivity contribution is 6.11. The first-order chi connectivity index (χ1) is 31.6. The molecule has 0 fully saturated rings. The lowest BCUT2D eigenvalue weighted by molar-refractivity contribution is -0.599. The number of nitrogens with zero attached hydrogens (tertiary/aromatic N) is 4. The maximum atomic E-state index is 7.13. The fourth-order valence-corrected chi connectivity index (χ4v) is 9.47. The van der Waals surface area contributed by atoms with Crippen molar-refractivity contribution in [2.45, 2.75) is 117 Å². The van der Waals surface area contributed by atoms with Crippen molar-refractivity contribution in [2.24, 2.45) is 0 Å². The second-order valence-electron chi connectivity index (χ2n) is 22.5. The molecule has 0 radical (unpaired) electrons. The van der Waals surface area contributed by atoms with Crippen LogP contribution < -0.4 is 9.30 Å². The zero-order valence-electron chi connectivity index (χ0n) is 41.8. The lowest BCUT2D eigenvalue weighted by Gasteiger charge is -2.28. The number of aromatic nitrogens is 4. The number of imidazole rings is 1. The average molecular weight is 883 g/mol. The van der Waals surface area contributed by atoms with E-state index >= 15 is 0 Å². The van der Waals surface area contributed by atoms with E-state index in [1.54, 1.807) is 0 Å². The smallest absolute Gasteiger partial charge is 0.269 e. The van der Waals surface area contributed by atoms with Crippen molar-refractivity contribution >= 4 is 21.8 Å². The monoisotopic (exact) mass is 883 g/mol. The van der Waals surface area contributed by atoms with Crippen LogP contribution in [0, 0.1) is 6.33 Å². The van der Waals surface area contributed by atoms with Crippen LogP contribution in [0.25, 0.3) is 39.0 Å². The van der Waals surface area contributed by atoms with Gasteiger partial charge in [0, 0.05) is 40.1 Å². The van der Waals surface area contributed by atoms with E-state index in [1.165, 1.54) is 44.2 Å². The summed E-state index contributed by atoms with van der Waals surface area (Å²) in [5.74, 6) is 2.37. The maximum Gasteiger partial charge on any atom is 0.269 e. The number of ether oxygens (including phenoxy) is 1. The fourth-order valence-electron chi connectivity index (χ4n) is 9.47.